The molecule has 0 bridgehead atoms. The largest absolute Gasteiger partial charge is 0.464 e. The molecule has 0 N–H and O–H groups in total. The molecule has 5 heteroatoms. The Morgan fingerprint density at radius 2 is 1.63 bits per heavy atom. The van der Waals surface area contributed by atoms with E-state index in [0.29, 0.717) is 5.02 Å². The molecule has 0 aromatic heterocycles. The minimum absolute atomic E-state index is 0.134. The number of hydrogen-bond acceptors (Lipinski definition) is 3. The van der Waals surface area contributed by atoms with Crippen molar-refractivity contribution < 1.29 is 4.74 Å². The van der Waals surface area contributed by atoms with Crippen LogP contribution in [0.5, 0.6) is 5.75 Å². The Bertz CT molecular complexity index is 1030. The number of para-hydroxylation sites is 1. The maximum absolute atomic E-state index is 6.49. The average molecular weight is 440 g/mol. The zero-order chi connectivity index (χ0) is 18.4. The molecular formula is C22H16BrClN2O. The van der Waals surface area contributed by atoms with E-state index in [-0.39, 0.29) is 12.3 Å². The summed E-state index contributed by atoms with van der Waals surface area (Å²) in [5, 5.41) is 7.70. The van der Waals surface area contributed by atoms with Crippen molar-refractivity contribution in [3.05, 3.63) is 99.0 Å². The lowest BCUT2D eigenvalue weighted by Gasteiger charge is -2.38. The zero-order valence-corrected chi connectivity index (χ0v) is 16.7. The summed E-state index contributed by atoms with van der Waals surface area (Å²) in [4.78, 5) is 0. The minimum atomic E-state index is -0.341. The maximum atomic E-state index is 6.49. The summed E-state index contributed by atoms with van der Waals surface area (Å²) >= 11 is 9.99. The Morgan fingerprint density at radius 1 is 0.926 bits per heavy atom. The first kappa shape index (κ1) is 16.8. The van der Waals surface area contributed by atoms with Gasteiger partial charge in [0.15, 0.2) is 0 Å². The van der Waals surface area contributed by atoms with Gasteiger partial charge >= 0.3 is 0 Å². The van der Waals surface area contributed by atoms with E-state index >= 15 is 0 Å². The molecule has 27 heavy (non-hydrogen) atoms. The fourth-order valence-corrected chi connectivity index (χ4v) is 4.22. The fourth-order valence-electron chi connectivity index (χ4n) is 3.73. The smallest absolute Gasteiger partial charge is 0.215 e. The quantitative estimate of drug-likeness (QED) is 0.465. The Morgan fingerprint density at radius 3 is 2.41 bits per heavy atom. The van der Waals surface area contributed by atoms with Crippen molar-refractivity contribution in [2.24, 2.45) is 5.10 Å². The normalized spacial score (nSPS) is 20.5. The summed E-state index contributed by atoms with van der Waals surface area (Å²) in [6.07, 6.45) is 0.495. The highest BCUT2D eigenvalue weighted by Gasteiger charge is 2.41. The van der Waals surface area contributed by atoms with Gasteiger partial charge in [-0.15, -0.1) is 0 Å². The first-order chi connectivity index (χ1) is 13.2. The topological polar surface area (TPSA) is 24.8 Å². The molecule has 0 saturated carbocycles. The number of fused-ring (bicyclic) bond motifs is 3. The molecule has 3 aromatic rings. The lowest BCUT2D eigenvalue weighted by molar-refractivity contribution is -0.0189. The molecule has 2 unspecified atom stereocenters. The van der Waals surface area contributed by atoms with Crippen LogP contribution in [0.25, 0.3) is 0 Å². The van der Waals surface area contributed by atoms with Crippen molar-refractivity contribution in [3.8, 4) is 5.75 Å². The third-order valence-electron chi connectivity index (χ3n) is 5.05. The van der Waals surface area contributed by atoms with Gasteiger partial charge in [0, 0.05) is 27.0 Å². The van der Waals surface area contributed by atoms with Crippen LogP contribution in [-0.2, 0) is 0 Å². The summed E-state index contributed by atoms with van der Waals surface area (Å²) in [7, 11) is 0. The molecule has 2 aliphatic rings. The lowest BCUT2D eigenvalue weighted by atomic mass is 9.96. The highest BCUT2D eigenvalue weighted by atomic mass is 79.9. The van der Waals surface area contributed by atoms with Crippen LogP contribution >= 0.6 is 27.5 Å². The zero-order valence-electron chi connectivity index (χ0n) is 14.3. The van der Waals surface area contributed by atoms with Crippen LogP contribution < -0.4 is 4.74 Å². The second-order valence-electron chi connectivity index (χ2n) is 6.68. The molecule has 0 amide bonds. The SMILES string of the molecule is Clc1ccccc1C1Oc2ccccc2C2CC(c3ccc(Br)cc3)=NN21. The Labute approximate surface area is 171 Å². The summed E-state index contributed by atoms with van der Waals surface area (Å²) in [5.41, 5.74) is 4.28. The Hall–Kier alpha value is -2.30. The monoisotopic (exact) mass is 438 g/mol. The molecule has 0 fully saturated rings. The van der Waals surface area contributed by atoms with Crippen LogP contribution in [0.15, 0.2) is 82.4 Å². The van der Waals surface area contributed by atoms with E-state index in [1.807, 2.05) is 54.6 Å². The molecule has 3 aromatic carbocycles. The predicted molar refractivity (Wildman–Crippen MR) is 111 cm³/mol. The van der Waals surface area contributed by atoms with E-state index in [0.717, 1.165) is 39.0 Å². The molecule has 0 saturated heterocycles. The van der Waals surface area contributed by atoms with Gasteiger partial charge in [0.05, 0.1) is 11.8 Å². The molecule has 2 heterocycles. The number of rotatable bonds is 2. The minimum Gasteiger partial charge on any atom is -0.464 e. The number of ether oxygens (including phenoxy) is 1. The van der Waals surface area contributed by atoms with E-state index in [1.54, 1.807) is 0 Å². The van der Waals surface area contributed by atoms with Crippen LogP contribution in [-0.4, -0.2) is 10.7 Å². The Balaban J connectivity index is 1.61. The van der Waals surface area contributed by atoms with E-state index < -0.39 is 0 Å². The summed E-state index contributed by atoms with van der Waals surface area (Å²) in [5.74, 6) is 0.899. The first-order valence-electron chi connectivity index (χ1n) is 8.82. The van der Waals surface area contributed by atoms with Gasteiger partial charge in [-0.3, -0.25) is 0 Å². The van der Waals surface area contributed by atoms with Crippen LogP contribution in [0.2, 0.25) is 5.02 Å². The molecule has 0 aliphatic carbocycles. The van der Waals surface area contributed by atoms with E-state index in [4.69, 9.17) is 21.4 Å². The van der Waals surface area contributed by atoms with Gasteiger partial charge in [-0.05, 0) is 29.8 Å². The lowest BCUT2D eigenvalue weighted by Crippen LogP contribution is -2.33. The van der Waals surface area contributed by atoms with Crippen molar-refractivity contribution in [2.45, 2.75) is 18.7 Å². The molecule has 134 valence electrons. The number of hydrogen-bond donors (Lipinski definition) is 0. The van der Waals surface area contributed by atoms with Crippen molar-refractivity contribution >= 4 is 33.2 Å². The number of hydrazone groups is 1. The van der Waals surface area contributed by atoms with Crippen LogP contribution in [0, 0.1) is 0 Å². The summed E-state index contributed by atoms with van der Waals surface area (Å²) in [6, 6.07) is 24.4. The predicted octanol–water partition coefficient (Wildman–Crippen LogP) is 6.34. The van der Waals surface area contributed by atoms with Gasteiger partial charge in [-0.1, -0.05) is 76.1 Å². The summed E-state index contributed by atoms with van der Waals surface area (Å²) in [6.45, 7) is 0. The van der Waals surface area contributed by atoms with Crippen LogP contribution in [0.4, 0.5) is 0 Å². The van der Waals surface area contributed by atoms with Crippen molar-refractivity contribution in [2.75, 3.05) is 0 Å². The van der Waals surface area contributed by atoms with Crippen molar-refractivity contribution in [3.63, 3.8) is 0 Å². The molecule has 5 rings (SSSR count). The molecule has 2 atom stereocenters. The third kappa shape index (κ3) is 2.93. The van der Waals surface area contributed by atoms with Crippen LogP contribution in [0.3, 0.4) is 0 Å². The van der Waals surface area contributed by atoms with Gasteiger partial charge in [-0.25, -0.2) is 5.01 Å². The molecule has 0 radical (unpaired) electrons. The highest BCUT2D eigenvalue weighted by Crippen LogP contribution is 2.48. The van der Waals surface area contributed by atoms with Gasteiger partial charge in [0.2, 0.25) is 6.23 Å². The van der Waals surface area contributed by atoms with E-state index in [9.17, 15) is 0 Å². The van der Waals surface area contributed by atoms with Gasteiger partial charge in [0.25, 0.3) is 0 Å². The van der Waals surface area contributed by atoms with Gasteiger partial charge in [-0.2, -0.15) is 5.10 Å². The fraction of sp³-hybridized carbons (Fsp3) is 0.136. The molecule has 0 spiro atoms. The third-order valence-corrected chi connectivity index (χ3v) is 5.92. The van der Waals surface area contributed by atoms with E-state index in [2.05, 4.69) is 39.1 Å². The van der Waals surface area contributed by atoms with Gasteiger partial charge < -0.3 is 4.74 Å². The maximum Gasteiger partial charge on any atom is 0.215 e. The van der Waals surface area contributed by atoms with Crippen LogP contribution in [0.1, 0.15) is 35.4 Å². The number of benzene rings is 3. The van der Waals surface area contributed by atoms with Gasteiger partial charge in [0.1, 0.15) is 5.75 Å². The Kier molecular flexibility index (Phi) is 4.18. The van der Waals surface area contributed by atoms with Crippen molar-refractivity contribution in [1.29, 1.82) is 0 Å². The highest BCUT2D eigenvalue weighted by molar-refractivity contribution is 9.10. The number of nitrogens with zero attached hydrogens (tertiary/aromatic N) is 2. The van der Waals surface area contributed by atoms with Crippen molar-refractivity contribution in [1.82, 2.24) is 5.01 Å². The van der Waals surface area contributed by atoms with E-state index in [1.165, 1.54) is 0 Å². The number of halogens is 2. The molecular weight excluding hydrogens is 424 g/mol. The summed E-state index contributed by atoms with van der Waals surface area (Å²) < 4.78 is 7.40. The first-order valence-corrected chi connectivity index (χ1v) is 9.99. The second kappa shape index (κ2) is 6.70. The average Bonchev–Trinajstić information content (AvgIpc) is 3.14. The molecule has 3 nitrogen and oxygen atoms in total. The molecule has 2 aliphatic heterocycles. The standard InChI is InChI=1S/C22H16BrClN2O/c23-15-11-9-14(10-12-15)19-13-20-17-6-2-4-8-21(17)27-22(26(20)25-19)16-5-1-3-7-18(16)24/h1-12,20,22H,13H2. The second-order valence-corrected chi connectivity index (χ2v) is 8.01.